The van der Waals surface area contributed by atoms with Crippen LogP contribution < -0.4 is 16.0 Å². The summed E-state index contributed by atoms with van der Waals surface area (Å²) < 4.78 is 57.5. The molecule has 0 radical (unpaired) electrons. The molecule has 0 aliphatic carbocycles. The number of carbonyl (C=O) groups excluding carboxylic acids is 1. The molecule has 14 nitrogen and oxygen atoms in total. The highest BCUT2D eigenvalue weighted by atomic mass is 32.3. The Morgan fingerprint density at radius 2 is 1.51 bits per heavy atom. The second-order valence-corrected chi connectivity index (χ2v) is 12.4. The van der Waals surface area contributed by atoms with Gasteiger partial charge in [-0.25, -0.2) is 17.4 Å². The summed E-state index contributed by atoms with van der Waals surface area (Å²) in [5, 5.41) is 39.1. The zero-order valence-corrected chi connectivity index (χ0v) is 24.0. The molecule has 0 spiro atoms. The number of nitrogens with one attached hydrogen (secondary N) is 3. The average Bonchev–Trinajstić information content (AvgIpc) is 2.94. The minimum absolute atomic E-state index is 0.0242. The van der Waals surface area contributed by atoms with Crippen LogP contribution in [0.3, 0.4) is 0 Å². The van der Waals surface area contributed by atoms with Crippen LogP contribution in [0.2, 0.25) is 0 Å². The lowest BCUT2D eigenvalue weighted by atomic mass is 10.1. The van der Waals surface area contributed by atoms with Crippen molar-refractivity contribution in [2.45, 2.75) is 0 Å². The van der Waals surface area contributed by atoms with Crippen LogP contribution in [-0.2, 0) is 24.4 Å². The smallest absolute Gasteiger partial charge is 0.397 e. The van der Waals surface area contributed by atoms with Crippen LogP contribution in [0.1, 0.15) is 0 Å². The summed E-state index contributed by atoms with van der Waals surface area (Å²) >= 11 is 0. The summed E-state index contributed by atoms with van der Waals surface area (Å²) in [6.45, 7) is -1.10. The Balaban J connectivity index is 1.47. The van der Waals surface area contributed by atoms with Crippen LogP contribution >= 0.6 is 0 Å². The lowest BCUT2D eigenvalue weighted by Gasteiger charge is -2.13. The van der Waals surface area contributed by atoms with Crippen molar-refractivity contribution in [2.24, 2.45) is 10.2 Å². The first kappa shape index (κ1) is 31.2. The fraction of sp³-hybridized carbons (Fsp3) is 0.148. The number of anilines is 3. The number of phenolic OH excluding ortho intramolecular Hbond substituents is 2. The first-order chi connectivity index (χ1) is 20.4. The van der Waals surface area contributed by atoms with E-state index in [1.807, 2.05) is 30.3 Å². The highest BCUT2D eigenvalue weighted by Crippen LogP contribution is 2.40. The van der Waals surface area contributed by atoms with E-state index in [-0.39, 0.29) is 23.7 Å². The molecule has 4 rings (SSSR count). The molecule has 0 aliphatic heterocycles. The molecule has 0 saturated heterocycles. The summed E-state index contributed by atoms with van der Waals surface area (Å²) in [7, 11) is -8.57. The molecule has 0 fully saturated rings. The van der Waals surface area contributed by atoms with Gasteiger partial charge in [0, 0.05) is 11.9 Å². The Morgan fingerprint density at radius 1 is 0.791 bits per heavy atom. The molecule has 4 aromatic rings. The quantitative estimate of drug-likeness (QED) is 0.0717. The number of sulfone groups is 1. The van der Waals surface area contributed by atoms with E-state index in [0.29, 0.717) is 17.1 Å². The molecule has 43 heavy (non-hydrogen) atoms. The Kier molecular flexibility index (Phi) is 9.77. The van der Waals surface area contributed by atoms with Crippen molar-refractivity contribution in [2.75, 3.05) is 35.3 Å². The van der Waals surface area contributed by atoms with Crippen molar-refractivity contribution in [3.63, 3.8) is 0 Å². The predicted molar refractivity (Wildman–Crippen MR) is 161 cm³/mol. The van der Waals surface area contributed by atoms with Gasteiger partial charge in [-0.1, -0.05) is 48.5 Å². The van der Waals surface area contributed by atoms with Gasteiger partial charge in [-0.3, -0.25) is 4.55 Å². The van der Waals surface area contributed by atoms with E-state index in [0.717, 1.165) is 10.8 Å². The molecular weight excluding hydrogens is 602 g/mol. The maximum Gasteiger partial charge on any atom is 0.397 e. The van der Waals surface area contributed by atoms with Crippen LogP contribution in [0.4, 0.5) is 33.2 Å². The third-order valence-electron chi connectivity index (χ3n) is 5.92. The van der Waals surface area contributed by atoms with Gasteiger partial charge in [-0.05, 0) is 35.7 Å². The maximum absolute atomic E-state index is 12.3. The fourth-order valence-electron chi connectivity index (χ4n) is 3.86. The second-order valence-electron chi connectivity index (χ2n) is 8.98. The monoisotopic (exact) mass is 629 g/mol. The van der Waals surface area contributed by atoms with Gasteiger partial charge in [-0.2, -0.15) is 8.42 Å². The normalized spacial score (nSPS) is 11.9. The van der Waals surface area contributed by atoms with Gasteiger partial charge in [0.2, 0.25) is 0 Å². The van der Waals surface area contributed by atoms with E-state index in [4.69, 9.17) is 4.55 Å². The Morgan fingerprint density at radius 3 is 2.28 bits per heavy atom. The summed E-state index contributed by atoms with van der Waals surface area (Å²) in [5.41, 5.74) is 1.43. The van der Waals surface area contributed by atoms with Crippen molar-refractivity contribution in [1.29, 1.82) is 0 Å². The maximum atomic E-state index is 12.3. The Labute approximate surface area is 246 Å². The van der Waals surface area contributed by atoms with Gasteiger partial charge in [0.15, 0.2) is 15.6 Å². The average molecular weight is 630 g/mol. The van der Waals surface area contributed by atoms with Gasteiger partial charge < -0.3 is 26.2 Å². The molecule has 0 atom stereocenters. The number of rotatable bonds is 12. The molecule has 0 aromatic heterocycles. The van der Waals surface area contributed by atoms with Gasteiger partial charge in [0.1, 0.15) is 17.1 Å². The molecule has 0 unspecified atom stereocenters. The summed E-state index contributed by atoms with van der Waals surface area (Å²) in [6.07, 6.45) is 0. The highest BCUT2D eigenvalue weighted by Gasteiger charge is 2.16. The van der Waals surface area contributed by atoms with Crippen molar-refractivity contribution in [3.05, 3.63) is 78.9 Å². The largest absolute Gasteiger partial charge is 0.506 e. The van der Waals surface area contributed by atoms with Crippen molar-refractivity contribution in [1.82, 2.24) is 5.32 Å². The number of para-hydroxylation sites is 3. The van der Waals surface area contributed by atoms with E-state index in [1.54, 1.807) is 30.3 Å². The number of hydrogen-bond donors (Lipinski definition) is 6. The minimum Gasteiger partial charge on any atom is -0.506 e. The number of aromatic hydroxyl groups is 2. The highest BCUT2D eigenvalue weighted by molar-refractivity contribution is 7.91. The number of hydrogen-bond acceptors (Lipinski definition) is 11. The van der Waals surface area contributed by atoms with Crippen LogP contribution in [-0.4, -0.2) is 62.3 Å². The summed E-state index contributed by atoms with van der Waals surface area (Å²) in [5.74, 6) is -1.58. The van der Waals surface area contributed by atoms with Gasteiger partial charge in [0.25, 0.3) is 0 Å². The van der Waals surface area contributed by atoms with Crippen LogP contribution in [0, 0.1) is 0 Å². The van der Waals surface area contributed by atoms with E-state index >= 15 is 0 Å². The number of phenols is 2. The molecule has 0 heterocycles. The fourth-order valence-corrected chi connectivity index (χ4v) is 5.21. The van der Waals surface area contributed by atoms with Crippen LogP contribution in [0.5, 0.6) is 11.5 Å². The van der Waals surface area contributed by atoms with Crippen LogP contribution in [0.25, 0.3) is 10.8 Å². The minimum atomic E-state index is -4.76. The van der Waals surface area contributed by atoms with Gasteiger partial charge in [-0.15, -0.1) is 10.2 Å². The third kappa shape index (κ3) is 8.86. The molecule has 16 heteroatoms. The van der Waals surface area contributed by atoms with E-state index in [2.05, 4.69) is 30.4 Å². The lowest BCUT2D eigenvalue weighted by molar-refractivity contribution is 0.252. The Hall–Kier alpha value is -4.77. The number of fused-ring (bicyclic) bond motifs is 1. The zero-order valence-electron chi connectivity index (χ0n) is 22.3. The summed E-state index contributed by atoms with van der Waals surface area (Å²) in [4.78, 5) is 12.3. The number of amides is 2. The van der Waals surface area contributed by atoms with Gasteiger partial charge in [0.05, 0.1) is 35.2 Å². The molecular formula is C27H27N5O9S2. The Bertz CT molecular complexity index is 1880. The van der Waals surface area contributed by atoms with E-state index in [1.165, 1.54) is 18.2 Å². The number of azo groups is 1. The van der Waals surface area contributed by atoms with Crippen LogP contribution in [0.15, 0.2) is 89.1 Å². The van der Waals surface area contributed by atoms with Crippen molar-refractivity contribution >= 4 is 65.5 Å². The van der Waals surface area contributed by atoms with Crippen molar-refractivity contribution in [3.8, 4) is 11.5 Å². The van der Waals surface area contributed by atoms with Crippen molar-refractivity contribution < 1.29 is 40.6 Å². The SMILES string of the molecule is O=C(NCCS(=O)(=O)CCOS(=O)(=O)O)Nc1cccc(N=Nc2c(Nc3ccccc3O)ccc3ccccc23)c1O. The predicted octanol–water partition coefficient (Wildman–Crippen LogP) is 4.77. The topological polar surface area (TPSA) is 216 Å². The molecule has 226 valence electrons. The zero-order chi connectivity index (χ0) is 31.0. The summed E-state index contributed by atoms with van der Waals surface area (Å²) in [6, 6.07) is 21.4. The lowest BCUT2D eigenvalue weighted by Crippen LogP contribution is -2.33. The molecule has 2 amide bonds. The first-order valence-corrected chi connectivity index (χ1v) is 15.8. The number of carbonyl (C=O) groups is 1. The molecule has 6 N–H and O–H groups in total. The molecule has 0 aliphatic rings. The number of nitrogens with zero attached hydrogens (tertiary/aromatic N) is 2. The second kappa shape index (κ2) is 13.5. The standard InChI is InChI=1S/C27H27N5O9S2/c33-24-11-4-3-8-20(24)29-21-13-12-18-6-1-2-7-19(18)25(21)32-31-23-10-5-9-22(26(23)34)30-27(35)28-14-16-42(36,37)17-15-41-43(38,39)40/h1-13,29,33-34H,14-17H2,(H2,28,30,35)(H,38,39,40). The molecule has 0 saturated carbocycles. The number of benzene rings is 4. The first-order valence-electron chi connectivity index (χ1n) is 12.6. The van der Waals surface area contributed by atoms with E-state index < -0.39 is 50.1 Å². The third-order valence-corrected chi connectivity index (χ3v) is 8.00. The number of urea groups is 1. The van der Waals surface area contributed by atoms with E-state index in [9.17, 15) is 31.8 Å². The molecule has 0 bridgehead atoms. The molecule has 4 aromatic carbocycles. The van der Waals surface area contributed by atoms with Gasteiger partial charge >= 0.3 is 16.4 Å².